The quantitative estimate of drug-likeness (QED) is 0.778. The van der Waals surface area contributed by atoms with E-state index in [4.69, 9.17) is 25.8 Å². The van der Waals surface area contributed by atoms with Crippen LogP contribution in [0.25, 0.3) is 0 Å². The van der Waals surface area contributed by atoms with Gasteiger partial charge in [0.15, 0.2) is 17.6 Å². The number of benzene rings is 1. The first-order valence-corrected chi connectivity index (χ1v) is 7.31. The van der Waals surface area contributed by atoms with Crippen molar-refractivity contribution in [2.24, 2.45) is 0 Å². The molecule has 1 N–H and O–H groups in total. The number of rotatable bonds is 7. The molecule has 22 heavy (non-hydrogen) atoms. The molecule has 1 amide bonds. The van der Waals surface area contributed by atoms with E-state index in [2.05, 4.69) is 5.32 Å². The number of carbonyl (C=O) groups is 2. The summed E-state index contributed by atoms with van der Waals surface area (Å²) in [6.45, 7) is 5.96. The van der Waals surface area contributed by atoms with Gasteiger partial charge in [-0.05, 0) is 32.9 Å². The summed E-state index contributed by atoms with van der Waals surface area (Å²) >= 11 is 6.09. The fraction of sp³-hybridized carbons (Fsp3) is 0.467. The van der Waals surface area contributed by atoms with Gasteiger partial charge in [0.25, 0.3) is 5.91 Å². The molecule has 0 saturated heterocycles. The molecule has 6 nitrogen and oxygen atoms in total. The second-order valence-electron chi connectivity index (χ2n) is 4.36. The Kier molecular flexibility index (Phi) is 6.98. The molecular formula is C15H20ClNO5. The van der Waals surface area contributed by atoms with Crippen molar-refractivity contribution in [2.75, 3.05) is 20.3 Å². The minimum absolute atomic E-state index is 0.182. The lowest BCUT2D eigenvalue weighted by molar-refractivity contribution is -0.128. The minimum atomic E-state index is -0.899. The van der Waals surface area contributed by atoms with Crippen molar-refractivity contribution in [3.63, 3.8) is 0 Å². The van der Waals surface area contributed by atoms with E-state index in [-0.39, 0.29) is 16.5 Å². The number of hydrogen-bond acceptors (Lipinski definition) is 5. The molecule has 1 atom stereocenters. The van der Waals surface area contributed by atoms with Gasteiger partial charge in [-0.2, -0.15) is 0 Å². The van der Waals surface area contributed by atoms with E-state index >= 15 is 0 Å². The van der Waals surface area contributed by atoms with Gasteiger partial charge in [0.05, 0.1) is 24.3 Å². The van der Waals surface area contributed by atoms with Gasteiger partial charge in [-0.25, -0.2) is 4.79 Å². The van der Waals surface area contributed by atoms with E-state index in [1.54, 1.807) is 6.92 Å². The smallest absolute Gasteiger partial charge is 0.339 e. The van der Waals surface area contributed by atoms with E-state index in [0.717, 1.165) is 0 Å². The summed E-state index contributed by atoms with van der Waals surface area (Å²) in [6.07, 6.45) is -0.899. The fourth-order valence-corrected chi connectivity index (χ4v) is 1.99. The number of methoxy groups -OCH3 is 1. The Bertz CT molecular complexity index is 547. The first-order chi connectivity index (χ1) is 10.4. The third-order valence-electron chi connectivity index (χ3n) is 2.76. The van der Waals surface area contributed by atoms with E-state index in [9.17, 15) is 9.59 Å². The highest BCUT2D eigenvalue weighted by molar-refractivity contribution is 6.32. The van der Waals surface area contributed by atoms with Crippen molar-refractivity contribution >= 4 is 23.5 Å². The van der Waals surface area contributed by atoms with Gasteiger partial charge >= 0.3 is 5.97 Å². The summed E-state index contributed by atoms with van der Waals surface area (Å²) in [6, 6.07) is 2.88. The number of amides is 1. The van der Waals surface area contributed by atoms with E-state index < -0.39 is 12.1 Å². The lowest BCUT2D eigenvalue weighted by Gasteiger charge is -2.15. The van der Waals surface area contributed by atoms with Crippen LogP contribution in [0.4, 0.5) is 0 Å². The molecule has 0 aliphatic carbocycles. The molecule has 7 heteroatoms. The standard InChI is InChI=1S/C15H20ClNO5/c1-5-17-14(18)9(3)22-15(19)10-7-11(16)13(21-6-2)12(8-10)20-4/h7-9H,5-6H2,1-4H3,(H,17,18)/t9-/m0/s1. The molecule has 0 aliphatic heterocycles. The van der Waals surface area contributed by atoms with Crippen LogP contribution in [-0.4, -0.2) is 38.2 Å². The zero-order chi connectivity index (χ0) is 16.7. The summed E-state index contributed by atoms with van der Waals surface area (Å²) in [5.41, 5.74) is 0.182. The van der Waals surface area contributed by atoms with Crippen molar-refractivity contribution in [3.05, 3.63) is 22.7 Å². The van der Waals surface area contributed by atoms with Crippen molar-refractivity contribution < 1.29 is 23.8 Å². The highest BCUT2D eigenvalue weighted by Gasteiger charge is 2.21. The first-order valence-electron chi connectivity index (χ1n) is 6.93. The second kappa shape index (κ2) is 8.48. The summed E-state index contributed by atoms with van der Waals surface area (Å²) in [4.78, 5) is 23.7. The van der Waals surface area contributed by atoms with Gasteiger partial charge in [0.1, 0.15) is 0 Å². The minimum Gasteiger partial charge on any atom is -0.493 e. The van der Waals surface area contributed by atoms with E-state index in [1.807, 2.05) is 6.92 Å². The number of likely N-dealkylation sites (N-methyl/N-ethyl adjacent to an activating group) is 1. The largest absolute Gasteiger partial charge is 0.493 e. The van der Waals surface area contributed by atoms with Gasteiger partial charge in [0, 0.05) is 6.54 Å². The molecule has 122 valence electrons. The molecule has 0 aromatic heterocycles. The van der Waals surface area contributed by atoms with Crippen LogP contribution < -0.4 is 14.8 Å². The van der Waals surface area contributed by atoms with Gasteiger partial charge in [0.2, 0.25) is 0 Å². The number of nitrogens with one attached hydrogen (secondary N) is 1. The Morgan fingerprint density at radius 3 is 2.55 bits per heavy atom. The van der Waals surface area contributed by atoms with Crippen LogP contribution in [-0.2, 0) is 9.53 Å². The van der Waals surface area contributed by atoms with Crippen LogP contribution in [0.5, 0.6) is 11.5 Å². The van der Waals surface area contributed by atoms with Gasteiger partial charge in [-0.1, -0.05) is 11.6 Å². The summed E-state index contributed by atoms with van der Waals surface area (Å²) in [5.74, 6) is -0.339. The third-order valence-corrected chi connectivity index (χ3v) is 3.04. The Morgan fingerprint density at radius 2 is 2.00 bits per heavy atom. The monoisotopic (exact) mass is 329 g/mol. The number of esters is 1. The fourth-order valence-electron chi connectivity index (χ4n) is 1.72. The second-order valence-corrected chi connectivity index (χ2v) is 4.77. The SMILES string of the molecule is CCNC(=O)[C@H](C)OC(=O)c1cc(Cl)c(OCC)c(OC)c1. The molecule has 1 rings (SSSR count). The molecule has 0 heterocycles. The number of carbonyl (C=O) groups excluding carboxylic acids is 2. The maximum Gasteiger partial charge on any atom is 0.339 e. The molecule has 0 unspecified atom stereocenters. The highest BCUT2D eigenvalue weighted by Crippen LogP contribution is 2.36. The van der Waals surface area contributed by atoms with E-state index in [0.29, 0.717) is 24.7 Å². The van der Waals surface area contributed by atoms with E-state index in [1.165, 1.54) is 26.2 Å². The van der Waals surface area contributed by atoms with Crippen LogP contribution in [0.1, 0.15) is 31.1 Å². The topological polar surface area (TPSA) is 73.9 Å². The Balaban J connectivity index is 2.94. The molecule has 0 fully saturated rings. The zero-order valence-electron chi connectivity index (χ0n) is 13.1. The molecule has 1 aromatic carbocycles. The number of ether oxygens (including phenoxy) is 3. The van der Waals surface area contributed by atoms with Crippen LogP contribution >= 0.6 is 11.6 Å². The molecule has 0 spiro atoms. The molecular weight excluding hydrogens is 310 g/mol. The normalized spacial score (nSPS) is 11.5. The number of halogens is 1. The molecule has 0 saturated carbocycles. The van der Waals surface area contributed by atoms with Gasteiger partial charge < -0.3 is 19.5 Å². The highest BCUT2D eigenvalue weighted by atomic mass is 35.5. The zero-order valence-corrected chi connectivity index (χ0v) is 13.8. The Morgan fingerprint density at radius 1 is 1.32 bits per heavy atom. The van der Waals surface area contributed by atoms with Crippen LogP contribution in [0.3, 0.4) is 0 Å². The van der Waals surface area contributed by atoms with Crippen LogP contribution in [0.15, 0.2) is 12.1 Å². The van der Waals surface area contributed by atoms with Crippen molar-refractivity contribution in [1.82, 2.24) is 5.32 Å². The molecule has 0 bridgehead atoms. The predicted octanol–water partition coefficient (Wildman–Crippen LogP) is 2.43. The maximum atomic E-state index is 12.1. The first kappa shape index (κ1) is 18.1. The lowest BCUT2D eigenvalue weighted by atomic mass is 10.2. The van der Waals surface area contributed by atoms with Crippen LogP contribution in [0.2, 0.25) is 5.02 Å². The van der Waals surface area contributed by atoms with Crippen molar-refractivity contribution in [1.29, 1.82) is 0 Å². The molecule has 0 aliphatic rings. The van der Waals surface area contributed by atoms with Gasteiger partial charge in [-0.3, -0.25) is 4.79 Å². The number of hydrogen-bond donors (Lipinski definition) is 1. The Hall–Kier alpha value is -1.95. The van der Waals surface area contributed by atoms with Gasteiger partial charge in [-0.15, -0.1) is 0 Å². The van der Waals surface area contributed by atoms with Crippen molar-refractivity contribution in [2.45, 2.75) is 26.9 Å². The third kappa shape index (κ3) is 4.53. The average molecular weight is 330 g/mol. The predicted molar refractivity (Wildman–Crippen MR) is 82.7 cm³/mol. The van der Waals surface area contributed by atoms with Crippen LogP contribution in [0, 0.1) is 0 Å². The lowest BCUT2D eigenvalue weighted by Crippen LogP contribution is -2.35. The molecule has 0 radical (unpaired) electrons. The maximum absolute atomic E-state index is 12.1. The summed E-state index contributed by atoms with van der Waals surface area (Å²) < 4.78 is 15.6. The molecule has 1 aromatic rings. The average Bonchev–Trinajstić information content (AvgIpc) is 2.49. The summed E-state index contributed by atoms with van der Waals surface area (Å²) in [7, 11) is 1.45. The van der Waals surface area contributed by atoms with Crippen molar-refractivity contribution in [3.8, 4) is 11.5 Å². The summed E-state index contributed by atoms with van der Waals surface area (Å²) in [5, 5.41) is 2.81. The Labute approximate surface area is 134 Å².